The second-order valence-corrected chi connectivity index (χ2v) is 4.94. The number of aromatic nitrogens is 1. The Morgan fingerprint density at radius 1 is 1.29 bits per heavy atom. The molecule has 1 aromatic carbocycles. The highest BCUT2D eigenvalue weighted by Gasteiger charge is 2.06. The maximum atomic E-state index is 10.5. The zero-order chi connectivity index (χ0) is 12.3. The van der Waals surface area contributed by atoms with Crippen molar-refractivity contribution < 1.29 is 9.90 Å². The minimum Gasteiger partial charge on any atom is -0.481 e. The van der Waals surface area contributed by atoms with Crippen LogP contribution in [0.5, 0.6) is 0 Å². The quantitative estimate of drug-likeness (QED) is 0.892. The van der Waals surface area contributed by atoms with Gasteiger partial charge in [0.25, 0.3) is 0 Å². The molecular weight excluding hydrogens is 258 g/mol. The van der Waals surface area contributed by atoms with Crippen LogP contribution in [-0.2, 0) is 11.2 Å². The fourth-order valence-electron chi connectivity index (χ4n) is 1.39. The number of aliphatic carboxylic acids is 1. The summed E-state index contributed by atoms with van der Waals surface area (Å²) < 4.78 is 0. The number of carboxylic acid groups (broad SMARTS) is 1. The van der Waals surface area contributed by atoms with Crippen LogP contribution >= 0.6 is 23.4 Å². The summed E-state index contributed by atoms with van der Waals surface area (Å²) in [5, 5.41) is 10.2. The van der Waals surface area contributed by atoms with Gasteiger partial charge in [0.05, 0.1) is 16.5 Å². The number of rotatable bonds is 4. The minimum absolute atomic E-state index is 0.00306. The molecule has 0 amide bonds. The zero-order valence-corrected chi connectivity index (χ0v) is 10.4. The summed E-state index contributed by atoms with van der Waals surface area (Å²) in [7, 11) is 0. The molecule has 5 heteroatoms. The number of halogens is 1. The second kappa shape index (κ2) is 5.29. The van der Waals surface area contributed by atoms with E-state index in [2.05, 4.69) is 4.98 Å². The SMILES string of the molecule is O=C(O)Cc1ccc(Sc2ccccc2Cl)[nH]1. The van der Waals surface area contributed by atoms with Crippen LogP contribution in [-0.4, -0.2) is 16.1 Å². The van der Waals surface area contributed by atoms with Crippen molar-refractivity contribution >= 4 is 29.3 Å². The predicted molar refractivity (Wildman–Crippen MR) is 67.7 cm³/mol. The number of hydrogen-bond donors (Lipinski definition) is 2. The topological polar surface area (TPSA) is 53.1 Å². The van der Waals surface area contributed by atoms with Crippen LogP contribution in [0.15, 0.2) is 46.3 Å². The molecule has 1 heterocycles. The first kappa shape index (κ1) is 12.1. The van der Waals surface area contributed by atoms with Crippen LogP contribution in [0, 0.1) is 0 Å². The third-order valence-corrected chi connectivity index (χ3v) is 3.59. The summed E-state index contributed by atoms with van der Waals surface area (Å²) in [6.07, 6.45) is 0.00306. The van der Waals surface area contributed by atoms with Gasteiger partial charge in [-0.15, -0.1) is 0 Å². The maximum Gasteiger partial charge on any atom is 0.309 e. The van der Waals surface area contributed by atoms with Gasteiger partial charge in [-0.3, -0.25) is 4.79 Å². The number of H-pyrrole nitrogens is 1. The average Bonchev–Trinajstić information content (AvgIpc) is 2.68. The Morgan fingerprint density at radius 2 is 2.06 bits per heavy atom. The van der Waals surface area contributed by atoms with Crippen LogP contribution < -0.4 is 0 Å². The minimum atomic E-state index is -0.846. The molecule has 2 rings (SSSR count). The molecule has 0 radical (unpaired) electrons. The molecule has 1 aromatic heterocycles. The normalized spacial score (nSPS) is 10.4. The van der Waals surface area contributed by atoms with Gasteiger partial charge in [-0.2, -0.15) is 0 Å². The molecule has 2 N–H and O–H groups in total. The highest BCUT2D eigenvalue weighted by atomic mass is 35.5. The molecule has 0 atom stereocenters. The van der Waals surface area contributed by atoms with Crippen LogP contribution in [0.1, 0.15) is 5.69 Å². The van der Waals surface area contributed by atoms with E-state index >= 15 is 0 Å². The molecular formula is C12H10ClNO2S. The van der Waals surface area contributed by atoms with E-state index < -0.39 is 5.97 Å². The highest BCUT2D eigenvalue weighted by molar-refractivity contribution is 7.99. The summed E-state index contributed by atoms with van der Waals surface area (Å²) in [5.74, 6) is -0.846. The molecule has 3 nitrogen and oxygen atoms in total. The van der Waals surface area contributed by atoms with Crippen molar-refractivity contribution in [3.05, 3.63) is 47.1 Å². The van der Waals surface area contributed by atoms with Crippen molar-refractivity contribution in [1.29, 1.82) is 0 Å². The highest BCUT2D eigenvalue weighted by Crippen LogP contribution is 2.32. The molecule has 0 fully saturated rings. The van der Waals surface area contributed by atoms with E-state index in [1.165, 1.54) is 11.8 Å². The fourth-order valence-corrected chi connectivity index (χ4v) is 2.51. The number of hydrogen-bond acceptors (Lipinski definition) is 2. The summed E-state index contributed by atoms with van der Waals surface area (Å²) in [6.45, 7) is 0. The Hall–Kier alpha value is -1.39. The van der Waals surface area contributed by atoms with Crippen molar-refractivity contribution in [2.45, 2.75) is 16.3 Å². The van der Waals surface area contributed by atoms with Gasteiger partial charge >= 0.3 is 5.97 Å². The number of nitrogens with one attached hydrogen (secondary N) is 1. The van der Waals surface area contributed by atoms with Gasteiger partial charge in [-0.25, -0.2) is 0 Å². The molecule has 88 valence electrons. The van der Waals surface area contributed by atoms with Crippen LogP contribution in [0.4, 0.5) is 0 Å². The van der Waals surface area contributed by atoms with Gasteiger partial charge in [0.1, 0.15) is 0 Å². The van der Waals surface area contributed by atoms with Gasteiger partial charge in [0.15, 0.2) is 0 Å². The largest absolute Gasteiger partial charge is 0.481 e. The first-order chi connectivity index (χ1) is 8.15. The molecule has 0 bridgehead atoms. The molecule has 0 saturated heterocycles. The predicted octanol–water partition coefficient (Wildman–Crippen LogP) is 3.45. The van der Waals surface area contributed by atoms with Gasteiger partial charge in [-0.05, 0) is 24.3 Å². The molecule has 17 heavy (non-hydrogen) atoms. The number of aromatic amines is 1. The molecule has 0 aliphatic rings. The van der Waals surface area contributed by atoms with E-state index in [-0.39, 0.29) is 6.42 Å². The van der Waals surface area contributed by atoms with E-state index in [1.807, 2.05) is 30.3 Å². The Balaban J connectivity index is 2.12. The van der Waals surface area contributed by atoms with Crippen LogP contribution in [0.2, 0.25) is 5.02 Å². The molecule has 0 unspecified atom stereocenters. The van der Waals surface area contributed by atoms with Crippen molar-refractivity contribution in [3.63, 3.8) is 0 Å². The lowest BCUT2D eigenvalue weighted by Crippen LogP contribution is -1.99. The van der Waals surface area contributed by atoms with Crippen molar-refractivity contribution in [3.8, 4) is 0 Å². The molecule has 0 aliphatic carbocycles. The summed E-state index contributed by atoms with van der Waals surface area (Å²) >= 11 is 7.52. The van der Waals surface area contributed by atoms with Gasteiger partial charge < -0.3 is 10.1 Å². The average molecular weight is 268 g/mol. The Labute approximate surface area is 108 Å². The number of carbonyl (C=O) groups is 1. The summed E-state index contributed by atoms with van der Waals surface area (Å²) in [4.78, 5) is 14.5. The van der Waals surface area contributed by atoms with E-state index in [9.17, 15) is 4.79 Å². The van der Waals surface area contributed by atoms with E-state index in [0.29, 0.717) is 10.7 Å². The maximum absolute atomic E-state index is 10.5. The smallest absolute Gasteiger partial charge is 0.309 e. The Bertz CT molecular complexity index is 539. The molecule has 0 saturated carbocycles. The first-order valence-electron chi connectivity index (χ1n) is 4.97. The third-order valence-electron chi connectivity index (χ3n) is 2.12. The molecule has 2 aromatic rings. The Morgan fingerprint density at radius 3 is 2.76 bits per heavy atom. The first-order valence-corrected chi connectivity index (χ1v) is 6.16. The van der Waals surface area contributed by atoms with E-state index in [4.69, 9.17) is 16.7 Å². The Kier molecular flexibility index (Phi) is 3.76. The van der Waals surface area contributed by atoms with Gasteiger partial charge in [0, 0.05) is 10.6 Å². The van der Waals surface area contributed by atoms with Gasteiger partial charge in [-0.1, -0.05) is 35.5 Å². The number of carboxylic acids is 1. The van der Waals surface area contributed by atoms with E-state index in [0.717, 1.165) is 9.92 Å². The lowest BCUT2D eigenvalue weighted by Gasteiger charge is -2.01. The van der Waals surface area contributed by atoms with Crippen molar-refractivity contribution in [2.24, 2.45) is 0 Å². The van der Waals surface area contributed by atoms with Crippen LogP contribution in [0.25, 0.3) is 0 Å². The van der Waals surface area contributed by atoms with Gasteiger partial charge in [0.2, 0.25) is 0 Å². The molecule has 0 aliphatic heterocycles. The summed E-state index contributed by atoms with van der Waals surface area (Å²) in [6, 6.07) is 11.2. The van der Waals surface area contributed by atoms with Crippen molar-refractivity contribution in [1.82, 2.24) is 4.98 Å². The molecule has 0 spiro atoms. The zero-order valence-electron chi connectivity index (χ0n) is 8.81. The third kappa shape index (κ3) is 3.28. The summed E-state index contributed by atoms with van der Waals surface area (Å²) in [5.41, 5.74) is 0.687. The lowest BCUT2D eigenvalue weighted by atomic mass is 10.3. The van der Waals surface area contributed by atoms with Crippen molar-refractivity contribution in [2.75, 3.05) is 0 Å². The number of benzene rings is 1. The van der Waals surface area contributed by atoms with Crippen LogP contribution in [0.3, 0.4) is 0 Å². The fraction of sp³-hybridized carbons (Fsp3) is 0.0833. The standard InChI is InChI=1S/C12H10ClNO2S/c13-9-3-1-2-4-10(9)17-11-6-5-8(14-11)7-12(15)16/h1-6,14H,7H2,(H,15,16). The second-order valence-electron chi connectivity index (χ2n) is 3.45. The monoisotopic (exact) mass is 267 g/mol. The lowest BCUT2D eigenvalue weighted by molar-refractivity contribution is -0.136. The van der Waals surface area contributed by atoms with E-state index in [1.54, 1.807) is 6.07 Å².